The summed E-state index contributed by atoms with van der Waals surface area (Å²) in [6.45, 7) is 8.25. The molecule has 2 aromatic heterocycles. The molecule has 8 bridgehead atoms. The van der Waals surface area contributed by atoms with Gasteiger partial charge in [-0.2, -0.15) is 0 Å². The molecule has 2 N–H and O–H groups in total. The van der Waals surface area contributed by atoms with E-state index in [4.69, 9.17) is 9.97 Å². The van der Waals surface area contributed by atoms with Gasteiger partial charge in [-0.25, -0.2) is 9.97 Å². The third-order valence-corrected chi connectivity index (χ3v) is 8.67. The molecule has 218 valence electrons. The van der Waals surface area contributed by atoms with Crippen molar-refractivity contribution in [2.24, 2.45) is 0 Å². The summed E-state index contributed by atoms with van der Waals surface area (Å²) in [5, 5.41) is 23.5. The van der Waals surface area contributed by atoms with E-state index < -0.39 is 10.8 Å². The molecule has 6 aromatic rings. The second kappa shape index (κ2) is 10.4. The van der Waals surface area contributed by atoms with Gasteiger partial charge in [-0.15, -0.1) is 0 Å². The molecule has 0 aliphatic carbocycles. The Morgan fingerprint density at radius 3 is 1.26 bits per heavy atom. The van der Waals surface area contributed by atoms with Crippen LogP contribution in [0.4, 0.5) is 0 Å². The summed E-state index contributed by atoms with van der Waals surface area (Å²) in [7, 11) is 0. The third kappa shape index (κ3) is 4.44. The zero-order valence-corrected chi connectivity index (χ0v) is 26.7. The molecule has 0 atom stereocenters. The Labute approximate surface area is 265 Å². The molecule has 1 aliphatic heterocycles. The maximum absolute atomic E-state index is 11.7. The molecule has 0 saturated heterocycles. The minimum absolute atomic E-state index is 0. The van der Waals surface area contributed by atoms with Crippen molar-refractivity contribution in [3.05, 3.63) is 132 Å². The second-order valence-corrected chi connectivity index (χ2v) is 12.0. The van der Waals surface area contributed by atoms with Crippen molar-refractivity contribution in [1.82, 2.24) is 19.1 Å². The maximum Gasteiger partial charge on any atom is 0.181 e. The van der Waals surface area contributed by atoms with Crippen molar-refractivity contribution in [1.29, 1.82) is 0 Å². The Hall–Kier alpha value is -4.41. The summed E-state index contributed by atoms with van der Waals surface area (Å²) in [5.41, 5.74) is 4.71. The molecule has 4 aromatic carbocycles. The number of phenols is 2. The van der Waals surface area contributed by atoms with Gasteiger partial charge in [0.2, 0.25) is 0 Å². The van der Waals surface area contributed by atoms with E-state index in [1.165, 1.54) is 0 Å². The first-order chi connectivity index (χ1) is 20.2. The topological polar surface area (TPSA) is 76.1 Å². The predicted octanol–water partition coefficient (Wildman–Crippen LogP) is 7.77. The van der Waals surface area contributed by atoms with E-state index in [0.29, 0.717) is 22.8 Å². The largest absolute Gasteiger partial charge is 0.507 e. The fourth-order valence-electron chi connectivity index (χ4n) is 6.06. The normalized spacial score (nSPS) is 14.4. The van der Waals surface area contributed by atoms with E-state index in [9.17, 15) is 10.2 Å². The Kier molecular flexibility index (Phi) is 6.93. The molecule has 0 spiro atoms. The minimum Gasteiger partial charge on any atom is -0.507 e. The summed E-state index contributed by atoms with van der Waals surface area (Å²) < 4.78 is 4.15. The van der Waals surface area contributed by atoms with E-state index >= 15 is 0 Å². The van der Waals surface area contributed by atoms with E-state index in [0.717, 1.165) is 33.9 Å². The van der Waals surface area contributed by atoms with E-state index in [1.54, 1.807) is 0 Å². The predicted molar refractivity (Wildman–Crippen MR) is 166 cm³/mol. The Bertz CT molecular complexity index is 1810. The number of aromatic nitrogens is 4. The molecule has 0 unspecified atom stereocenters. The van der Waals surface area contributed by atoms with Crippen LogP contribution in [0, 0.1) is 0 Å². The van der Waals surface area contributed by atoms with Crippen LogP contribution in [-0.2, 0) is 31.9 Å². The molecular formula is C36H32N4O2Pt. The Morgan fingerprint density at radius 1 is 0.512 bits per heavy atom. The van der Waals surface area contributed by atoms with Crippen molar-refractivity contribution >= 4 is 0 Å². The molecule has 7 rings (SSSR count). The van der Waals surface area contributed by atoms with Gasteiger partial charge in [-0.3, -0.25) is 9.13 Å². The van der Waals surface area contributed by atoms with Crippen LogP contribution in [0.15, 0.2) is 109 Å². The van der Waals surface area contributed by atoms with E-state index in [1.807, 2.05) is 85.2 Å². The monoisotopic (exact) mass is 747 g/mol. The second-order valence-electron chi connectivity index (χ2n) is 12.0. The third-order valence-electron chi connectivity index (χ3n) is 8.67. The van der Waals surface area contributed by atoms with Gasteiger partial charge in [0.05, 0.1) is 11.4 Å². The summed E-state index contributed by atoms with van der Waals surface area (Å²) >= 11 is 0. The van der Waals surface area contributed by atoms with Gasteiger partial charge in [0, 0.05) is 77.9 Å². The van der Waals surface area contributed by atoms with E-state index in [2.05, 4.69) is 61.1 Å². The molecule has 0 radical (unpaired) electrons. The Balaban J connectivity index is 0.00000329. The van der Waals surface area contributed by atoms with Gasteiger partial charge in [0.15, 0.2) is 11.6 Å². The van der Waals surface area contributed by atoms with Crippen molar-refractivity contribution < 1.29 is 31.3 Å². The molecule has 43 heavy (non-hydrogen) atoms. The molecule has 0 amide bonds. The Morgan fingerprint density at radius 2 is 0.884 bits per heavy atom. The van der Waals surface area contributed by atoms with Crippen LogP contribution < -0.4 is 0 Å². The van der Waals surface area contributed by atoms with Crippen molar-refractivity contribution in [2.45, 2.75) is 38.5 Å². The van der Waals surface area contributed by atoms with Crippen molar-refractivity contribution in [3.8, 4) is 45.6 Å². The number of aromatic hydroxyl groups is 2. The zero-order chi connectivity index (χ0) is 29.2. The molecule has 0 saturated carbocycles. The zero-order valence-electron chi connectivity index (χ0n) is 24.4. The van der Waals surface area contributed by atoms with Gasteiger partial charge in [-0.05, 0) is 52.0 Å². The van der Waals surface area contributed by atoms with Crippen LogP contribution in [0.1, 0.15) is 50.2 Å². The average molecular weight is 748 g/mol. The average Bonchev–Trinajstić information content (AvgIpc) is 3.64. The van der Waals surface area contributed by atoms with Crippen LogP contribution in [0.2, 0.25) is 0 Å². The molecule has 3 heterocycles. The summed E-state index contributed by atoms with van der Waals surface area (Å²) in [6.07, 6.45) is 4.09. The number of phenolic OH excluding ortho intramolecular Hbond substituents is 2. The first-order valence-electron chi connectivity index (χ1n) is 14.1. The van der Waals surface area contributed by atoms with E-state index in [-0.39, 0.29) is 32.6 Å². The maximum atomic E-state index is 11.7. The molecule has 1 aliphatic rings. The first-order valence-corrected chi connectivity index (χ1v) is 14.1. The number of benzene rings is 4. The first kappa shape index (κ1) is 28.7. The molecule has 7 heteroatoms. The minimum atomic E-state index is -0.682. The fraction of sp³-hybridized carbons (Fsp3) is 0.167. The fourth-order valence-corrected chi connectivity index (χ4v) is 6.06. The van der Waals surface area contributed by atoms with Crippen molar-refractivity contribution in [2.75, 3.05) is 0 Å². The number of para-hydroxylation sites is 4. The van der Waals surface area contributed by atoms with Crippen LogP contribution in [0.5, 0.6) is 11.5 Å². The van der Waals surface area contributed by atoms with Crippen LogP contribution in [-0.4, -0.2) is 29.3 Å². The van der Waals surface area contributed by atoms with Crippen molar-refractivity contribution in [3.63, 3.8) is 0 Å². The molecule has 0 fully saturated rings. The summed E-state index contributed by atoms with van der Waals surface area (Å²) in [4.78, 5) is 10.5. The number of fused-ring (bicyclic) bond motifs is 10. The number of nitrogens with zero attached hydrogens (tertiary/aromatic N) is 4. The standard InChI is InChI=1S/C36H32N4O2.Pt/c1-35(2)27-19-11-17-25(31(27)41)26-18-12-20-28(32(26)42)36(3,4)30-22-40(24-15-9-6-10-16-24)34(38-30)33-37-29(35)21-39(33)23-13-7-5-8-14-23;/h5-22,41-42H,1-4H3;. The number of hydrogen-bond acceptors (Lipinski definition) is 4. The van der Waals surface area contributed by atoms with Crippen LogP contribution in [0.25, 0.3) is 34.2 Å². The summed E-state index contributed by atoms with van der Waals surface area (Å²) in [6, 6.07) is 31.7. The molecular weight excluding hydrogens is 716 g/mol. The summed E-state index contributed by atoms with van der Waals surface area (Å²) in [5.74, 6) is 1.62. The number of imidazole rings is 2. The van der Waals surface area contributed by atoms with Crippen LogP contribution in [0.3, 0.4) is 0 Å². The number of hydrogen-bond donors (Lipinski definition) is 2. The van der Waals surface area contributed by atoms with Gasteiger partial charge in [0.25, 0.3) is 0 Å². The quantitative estimate of drug-likeness (QED) is 0.190. The van der Waals surface area contributed by atoms with Gasteiger partial charge in [-0.1, -0.05) is 72.8 Å². The van der Waals surface area contributed by atoms with Gasteiger partial charge < -0.3 is 10.2 Å². The number of rotatable bonds is 2. The molecule has 6 nitrogen and oxygen atoms in total. The van der Waals surface area contributed by atoms with Gasteiger partial charge >= 0.3 is 0 Å². The van der Waals surface area contributed by atoms with Gasteiger partial charge in [0.1, 0.15) is 11.5 Å². The van der Waals surface area contributed by atoms with Crippen LogP contribution >= 0.6 is 0 Å². The SMILES string of the molecule is CC1(C)c2cn(-c3ccccc3)c(n2)-c2nc(cn2-c2ccccc2)C(C)(C)c2cccc(c2O)-c2cccc1c2O.[Pt]. The smallest absolute Gasteiger partial charge is 0.181 e.